The first-order valence-corrected chi connectivity index (χ1v) is 46.8. The number of phosphoric acid groups is 2. The van der Waals surface area contributed by atoms with Crippen LogP contribution in [0.5, 0.6) is 0 Å². The zero-order valence-electron chi connectivity index (χ0n) is 68.7. The summed E-state index contributed by atoms with van der Waals surface area (Å²) in [5.41, 5.74) is 0. The van der Waals surface area contributed by atoms with Crippen molar-refractivity contribution in [2.24, 2.45) is 23.7 Å². The topological polar surface area (TPSA) is 237 Å². The molecule has 0 saturated carbocycles. The van der Waals surface area contributed by atoms with Crippen LogP contribution in [-0.2, 0) is 65.4 Å². The summed E-state index contributed by atoms with van der Waals surface area (Å²) in [6.45, 7) is 14.3. The third-order valence-corrected chi connectivity index (χ3v) is 22.4. The molecule has 0 spiro atoms. The first kappa shape index (κ1) is 102. The van der Waals surface area contributed by atoms with Gasteiger partial charge in [0.1, 0.15) is 19.3 Å². The van der Waals surface area contributed by atoms with Crippen molar-refractivity contribution in [2.75, 3.05) is 39.6 Å². The Morgan fingerprint density at radius 1 is 0.269 bits per heavy atom. The Hall–Kier alpha value is -1.94. The predicted octanol–water partition coefficient (Wildman–Crippen LogP) is 25.6. The molecular weight excluding hydrogens is 1350 g/mol. The predicted molar refractivity (Wildman–Crippen MR) is 428 cm³/mol. The van der Waals surface area contributed by atoms with Gasteiger partial charge in [-0.1, -0.05) is 389 Å². The zero-order chi connectivity index (χ0) is 76.7. The van der Waals surface area contributed by atoms with Crippen LogP contribution in [0.25, 0.3) is 0 Å². The minimum atomic E-state index is -4.97. The SMILES string of the molecule is CCC(C)CCCCCCCCCCCCCCCCC(=O)O[C@H](COC(=O)CCCCCCCCC(C)CC)COP(=O)(O)OC[C@H](O)COP(=O)(O)OC[C@@H](COC(=O)CCCCCCCCCCCCCCCCCCCCC(C)C)OC(=O)CCCCCCCCCCCCCCC(C)C. The minimum Gasteiger partial charge on any atom is -0.462 e. The van der Waals surface area contributed by atoms with Gasteiger partial charge in [-0.15, -0.1) is 0 Å². The first-order chi connectivity index (χ1) is 50.2. The average Bonchev–Trinajstić information content (AvgIpc) is 0.949. The highest BCUT2D eigenvalue weighted by atomic mass is 31.2. The lowest BCUT2D eigenvalue weighted by Gasteiger charge is -2.21. The third-order valence-electron chi connectivity index (χ3n) is 20.5. The molecule has 104 heavy (non-hydrogen) atoms. The largest absolute Gasteiger partial charge is 0.472 e. The number of rotatable bonds is 82. The molecule has 4 unspecified atom stereocenters. The summed E-state index contributed by atoms with van der Waals surface area (Å²) in [5.74, 6) is 1.07. The fourth-order valence-corrected chi connectivity index (χ4v) is 14.7. The van der Waals surface area contributed by atoms with Crippen molar-refractivity contribution in [3.8, 4) is 0 Å². The Kier molecular flexibility index (Phi) is 72.5. The van der Waals surface area contributed by atoms with Gasteiger partial charge >= 0.3 is 39.5 Å². The average molecular weight is 1520 g/mol. The smallest absolute Gasteiger partial charge is 0.462 e. The van der Waals surface area contributed by atoms with Crippen LogP contribution in [0.3, 0.4) is 0 Å². The summed E-state index contributed by atoms with van der Waals surface area (Å²) < 4.78 is 68.8. The van der Waals surface area contributed by atoms with Crippen molar-refractivity contribution in [2.45, 2.75) is 459 Å². The highest BCUT2D eigenvalue weighted by molar-refractivity contribution is 7.47. The summed E-state index contributed by atoms with van der Waals surface area (Å²) in [5, 5.41) is 10.7. The molecule has 0 heterocycles. The van der Waals surface area contributed by atoms with Crippen LogP contribution in [0, 0.1) is 23.7 Å². The molecule has 0 aliphatic carbocycles. The Balaban J connectivity index is 5.21. The van der Waals surface area contributed by atoms with E-state index in [0.717, 1.165) is 120 Å². The summed E-state index contributed by atoms with van der Waals surface area (Å²) in [7, 11) is -9.93. The number of hydrogen-bond donors (Lipinski definition) is 3. The third kappa shape index (κ3) is 75.5. The lowest BCUT2D eigenvalue weighted by molar-refractivity contribution is -0.161. The van der Waals surface area contributed by atoms with Gasteiger partial charge in [0, 0.05) is 25.7 Å². The summed E-state index contributed by atoms with van der Waals surface area (Å²) in [6, 6.07) is 0. The molecule has 0 aromatic heterocycles. The number of ether oxygens (including phenoxy) is 4. The highest BCUT2D eigenvalue weighted by Gasteiger charge is 2.30. The van der Waals surface area contributed by atoms with Gasteiger partial charge in [-0.25, -0.2) is 9.13 Å². The van der Waals surface area contributed by atoms with Crippen molar-refractivity contribution >= 4 is 39.5 Å². The van der Waals surface area contributed by atoms with E-state index in [1.807, 2.05) is 0 Å². The van der Waals surface area contributed by atoms with Crippen molar-refractivity contribution in [1.82, 2.24) is 0 Å². The van der Waals surface area contributed by atoms with E-state index in [0.29, 0.717) is 25.7 Å². The van der Waals surface area contributed by atoms with Gasteiger partial charge in [-0.3, -0.25) is 37.3 Å². The first-order valence-electron chi connectivity index (χ1n) is 43.8. The van der Waals surface area contributed by atoms with Crippen molar-refractivity contribution in [3.05, 3.63) is 0 Å². The standard InChI is InChI=1S/C85H166O17P2/c1-9-77(7)63-55-47-39-33-27-20-17-18-22-29-35-41-51-59-67-85(90)102-81(72-96-83(88)66-58-50-44-43-48-56-64-78(8)10-2)74-100-104(93,94)98-70-79(86)69-97-103(91,92)99-73-80(101-84(89)68-60-52-42-36-30-24-23-26-32-38-46-54-62-76(5)6)71-95-82(87)65-57-49-40-34-28-21-16-14-12-11-13-15-19-25-31-37-45-53-61-75(3)4/h75-81,86H,9-74H2,1-8H3,(H,91,92)(H,93,94)/t77?,78?,79-,80-,81-/m1/s1. The van der Waals surface area contributed by atoms with Crippen molar-refractivity contribution < 1.29 is 80.2 Å². The van der Waals surface area contributed by atoms with Crippen LogP contribution in [0.15, 0.2) is 0 Å². The molecule has 7 atom stereocenters. The number of carbonyl (C=O) groups is 4. The molecular formula is C85H166O17P2. The van der Waals surface area contributed by atoms with Gasteiger partial charge < -0.3 is 33.8 Å². The number of hydrogen-bond acceptors (Lipinski definition) is 15. The zero-order valence-corrected chi connectivity index (χ0v) is 70.5. The fourth-order valence-electron chi connectivity index (χ4n) is 13.1. The second-order valence-electron chi connectivity index (χ2n) is 32.0. The van der Waals surface area contributed by atoms with Crippen LogP contribution in [0.4, 0.5) is 0 Å². The van der Waals surface area contributed by atoms with E-state index in [1.165, 1.54) is 238 Å². The molecule has 0 aliphatic rings. The molecule has 0 bridgehead atoms. The molecule has 0 saturated heterocycles. The van der Waals surface area contributed by atoms with E-state index in [4.69, 9.17) is 37.0 Å². The summed E-state index contributed by atoms with van der Waals surface area (Å²) in [4.78, 5) is 73.2. The van der Waals surface area contributed by atoms with Crippen LogP contribution in [0.1, 0.15) is 441 Å². The summed E-state index contributed by atoms with van der Waals surface area (Å²) in [6.07, 6.45) is 62.5. The molecule has 0 rings (SSSR count). The van der Waals surface area contributed by atoms with Gasteiger partial charge in [0.05, 0.1) is 26.4 Å². The number of esters is 4. The van der Waals surface area contributed by atoms with Gasteiger partial charge in [-0.05, 0) is 49.4 Å². The van der Waals surface area contributed by atoms with E-state index >= 15 is 0 Å². The molecule has 3 N–H and O–H groups in total. The monoisotopic (exact) mass is 1520 g/mol. The molecule has 0 aromatic rings. The maximum atomic E-state index is 13.1. The Morgan fingerprint density at radius 3 is 0.683 bits per heavy atom. The highest BCUT2D eigenvalue weighted by Crippen LogP contribution is 2.45. The lowest BCUT2D eigenvalue weighted by Crippen LogP contribution is -2.30. The van der Waals surface area contributed by atoms with E-state index in [2.05, 4.69) is 55.4 Å². The molecule has 19 heteroatoms. The Morgan fingerprint density at radius 2 is 0.462 bits per heavy atom. The van der Waals surface area contributed by atoms with E-state index < -0.39 is 97.5 Å². The van der Waals surface area contributed by atoms with Crippen molar-refractivity contribution in [1.29, 1.82) is 0 Å². The van der Waals surface area contributed by atoms with E-state index in [-0.39, 0.29) is 25.7 Å². The maximum absolute atomic E-state index is 13.1. The molecule has 0 fully saturated rings. The van der Waals surface area contributed by atoms with Crippen LogP contribution in [0.2, 0.25) is 0 Å². The fraction of sp³-hybridized carbons (Fsp3) is 0.953. The number of carbonyl (C=O) groups excluding carboxylic acids is 4. The second-order valence-corrected chi connectivity index (χ2v) is 34.9. The van der Waals surface area contributed by atoms with Crippen LogP contribution < -0.4 is 0 Å². The maximum Gasteiger partial charge on any atom is 0.472 e. The van der Waals surface area contributed by atoms with Gasteiger partial charge in [0.2, 0.25) is 0 Å². The normalized spacial score (nSPS) is 14.5. The minimum absolute atomic E-state index is 0.107. The Labute approximate surface area is 638 Å². The molecule has 0 radical (unpaired) electrons. The Bertz CT molecular complexity index is 2030. The molecule has 0 amide bonds. The van der Waals surface area contributed by atoms with Crippen molar-refractivity contribution in [3.63, 3.8) is 0 Å². The number of phosphoric ester groups is 2. The molecule has 17 nitrogen and oxygen atoms in total. The summed E-state index contributed by atoms with van der Waals surface area (Å²) >= 11 is 0. The quantitative estimate of drug-likeness (QED) is 0.0222. The number of aliphatic hydroxyl groups is 1. The number of aliphatic hydroxyl groups excluding tert-OH is 1. The van der Waals surface area contributed by atoms with Gasteiger partial charge in [0.25, 0.3) is 0 Å². The van der Waals surface area contributed by atoms with Crippen LogP contribution in [-0.4, -0.2) is 96.7 Å². The van der Waals surface area contributed by atoms with Crippen LogP contribution >= 0.6 is 15.6 Å². The van der Waals surface area contributed by atoms with E-state index in [9.17, 15) is 43.2 Å². The lowest BCUT2D eigenvalue weighted by atomic mass is 9.99. The second kappa shape index (κ2) is 73.8. The van der Waals surface area contributed by atoms with Gasteiger partial charge in [0.15, 0.2) is 12.2 Å². The van der Waals surface area contributed by atoms with Gasteiger partial charge in [-0.2, -0.15) is 0 Å². The van der Waals surface area contributed by atoms with E-state index in [1.54, 1.807) is 0 Å². The molecule has 618 valence electrons. The molecule has 0 aliphatic heterocycles. The number of unbranched alkanes of at least 4 members (excludes halogenated alkanes) is 46. The molecule has 0 aromatic carbocycles.